The van der Waals surface area contributed by atoms with Gasteiger partial charge in [-0.2, -0.15) is 0 Å². The molecule has 0 aromatic heterocycles. The molecule has 2 rings (SSSR count). The highest BCUT2D eigenvalue weighted by Crippen LogP contribution is 2.23. The second kappa shape index (κ2) is 6.41. The normalized spacial score (nSPS) is 19.3. The SMILES string of the molecule is CCN1CCN(C(C(N)=S)c2ccc(F)cc2)CC1. The van der Waals surface area contributed by atoms with Gasteiger partial charge >= 0.3 is 0 Å². The Labute approximate surface area is 119 Å². The molecule has 3 nitrogen and oxygen atoms in total. The Bertz CT molecular complexity index is 427. The van der Waals surface area contributed by atoms with Crippen LogP contribution < -0.4 is 5.73 Å². The van der Waals surface area contributed by atoms with E-state index in [1.165, 1.54) is 12.1 Å². The van der Waals surface area contributed by atoms with E-state index in [4.69, 9.17) is 18.0 Å². The van der Waals surface area contributed by atoms with E-state index < -0.39 is 0 Å². The van der Waals surface area contributed by atoms with Gasteiger partial charge < -0.3 is 10.6 Å². The summed E-state index contributed by atoms with van der Waals surface area (Å²) in [5, 5.41) is 0. The van der Waals surface area contributed by atoms with Gasteiger partial charge in [0.15, 0.2) is 0 Å². The summed E-state index contributed by atoms with van der Waals surface area (Å²) in [7, 11) is 0. The molecule has 19 heavy (non-hydrogen) atoms. The van der Waals surface area contributed by atoms with Crippen molar-refractivity contribution in [3.8, 4) is 0 Å². The largest absolute Gasteiger partial charge is 0.392 e. The molecule has 1 aromatic rings. The first-order chi connectivity index (χ1) is 9.11. The Morgan fingerprint density at radius 3 is 2.32 bits per heavy atom. The van der Waals surface area contributed by atoms with Crippen molar-refractivity contribution in [3.05, 3.63) is 35.6 Å². The third-order valence-electron chi connectivity index (χ3n) is 3.67. The van der Waals surface area contributed by atoms with E-state index in [1.54, 1.807) is 12.1 Å². The highest BCUT2D eigenvalue weighted by molar-refractivity contribution is 7.80. The lowest BCUT2D eigenvalue weighted by Crippen LogP contribution is -2.49. The maximum absolute atomic E-state index is 13.0. The van der Waals surface area contributed by atoms with Crippen molar-refractivity contribution in [2.75, 3.05) is 32.7 Å². The van der Waals surface area contributed by atoms with Crippen molar-refractivity contribution in [3.63, 3.8) is 0 Å². The van der Waals surface area contributed by atoms with Crippen LogP contribution in [0.2, 0.25) is 0 Å². The summed E-state index contributed by atoms with van der Waals surface area (Å²) >= 11 is 5.20. The van der Waals surface area contributed by atoms with Crippen molar-refractivity contribution in [1.82, 2.24) is 9.80 Å². The Kier molecular flexibility index (Phi) is 4.85. The summed E-state index contributed by atoms with van der Waals surface area (Å²) in [6, 6.07) is 6.37. The van der Waals surface area contributed by atoms with Crippen molar-refractivity contribution in [1.29, 1.82) is 0 Å². The number of benzene rings is 1. The van der Waals surface area contributed by atoms with E-state index in [1.807, 2.05) is 0 Å². The number of nitrogens with two attached hydrogens (primary N) is 1. The lowest BCUT2D eigenvalue weighted by atomic mass is 10.0. The maximum Gasteiger partial charge on any atom is 0.123 e. The van der Waals surface area contributed by atoms with Crippen LogP contribution in [0.25, 0.3) is 0 Å². The number of hydrogen-bond acceptors (Lipinski definition) is 3. The van der Waals surface area contributed by atoms with E-state index in [-0.39, 0.29) is 11.9 Å². The van der Waals surface area contributed by atoms with Gasteiger partial charge in [0.25, 0.3) is 0 Å². The van der Waals surface area contributed by atoms with Gasteiger partial charge in [0.2, 0.25) is 0 Å². The molecule has 104 valence electrons. The molecule has 1 atom stereocenters. The topological polar surface area (TPSA) is 32.5 Å². The predicted molar refractivity (Wildman–Crippen MR) is 79.6 cm³/mol. The van der Waals surface area contributed by atoms with Crippen LogP contribution in [0.1, 0.15) is 18.5 Å². The number of thiocarbonyl (C=S) groups is 1. The van der Waals surface area contributed by atoms with Crippen LogP contribution in [0.3, 0.4) is 0 Å². The van der Waals surface area contributed by atoms with Crippen LogP contribution in [-0.2, 0) is 0 Å². The molecular weight excluding hydrogens is 261 g/mol. The van der Waals surface area contributed by atoms with E-state index in [2.05, 4.69) is 16.7 Å². The zero-order valence-electron chi connectivity index (χ0n) is 11.2. The first kappa shape index (κ1) is 14.4. The molecule has 0 bridgehead atoms. The summed E-state index contributed by atoms with van der Waals surface area (Å²) in [6.07, 6.45) is 0. The fourth-order valence-corrected chi connectivity index (χ4v) is 2.82. The minimum absolute atomic E-state index is 0.0883. The minimum atomic E-state index is -0.235. The second-order valence-electron chi connectivity index (χ2n) is 4.83. The Hall–Kier alpha value is -1.04. The molecule has 0 spiro atoms. The van der Waals surface area contributed by atoms with E-state index in [9.17, 15) is 4.39 Å². The lowest BCUT2D eigenvalue weighted by molar-refractivity contribution is 0.122. The predicted octanol–water partition coefficient (Wildman–Crippen LogP) is 1.79. The molecule has 0 saturated carbocycles. The molecule has 1 aromatic carbocycles. The van der Waals surface area contributed by atoms with Gasteiger partial charge in [-0.15, -0.1) is 0 Å². The molecular formula is C14H20FN3S. The monoisotopic (exact) mass is 281 g/mol. The summed E-state index contributed by atoms with van der Waals surface area (Å²) < 4.78 is 13.0. The van der Waals surface area contributed by atoms with Crippen molar-refractivity contribution in [2.45, 2.75) is 13.0 Å². The van der Waals surface area contributed by atoms with Gasteiger partial charge in [-0.25, -0.2) is 4.39 Å². The summed E-state index contributed by atoms with van der Waals surface area (Å²) in [5.41, 5.74) is 6.86. The maximum atomic E-state index is 13.0. The molecule has 1 saturated heterocycles. The van der Waals surface area contributed by atoms with Crippen LogP contribution in [0, 0.1) is 5.82 Å². The van der Waals surface area contributed by atoms with Gasteiger partial charge in [0.1, 0.15) is 5.82 Å². The number of nitrogens with zero attached hydrogens (tertiary/aromatic N) is 2. The van der Waals surface area contributed by atoms with Crippen LogP contribution >= 0.6 is 12.2 Å². The molecule has 2 N–H and O–H groups in total. The van der Waals surface area contributed by atoms with Gasteiger partial charge in [-0.05, 0) is 24.2 Å². The van der Waals surface area contributed by atoms with Crippen LogP contribution in [0.15, 0.2) is 24.3 Å². The summed E-state index contributed by atoms with van der Waals surface area (Å²) in [4.78, 5) is 5.14. The highest BCUT2D eigenvalue weighted by Gasteiger charge is 2.26. The number of rotatable bonds is 4. The van der Waals surface area contributed by atoms with Gasteiger partial charge in [0.05, 0.1) is 11.0 Å². The molecule has 0 radical (unpaired) electrons. The lowest BCUT2D eigenvalue weighted by Gasteiger charge is -2.38. The smallest absolute Gasteiger partial charge is 0.123 e. The zero-order chi connectivity index (χ0) is 13.8. The van der Waals surface area contributed by atoms with Gasteiger partial charge in [0, 0.05) is 26.2 Å². The Balaban J connectivity index is 2.13. The van der Waals surface area contributed by atoms with E-state index in [0.29, 0.717) is 4.99 Å². The number of likely N-dealkylation sites (N-methyl/N-ethyl adjacent to an activating group) is 1. The third kappa shape index (κ3) is 3.49. The highest BCUT2D eigenvalue weighted by atomic mass is 32.1. The molecule has 0 aliphatic carbocycles. The molecule has 1 aliphatic heterocycles. The molecule has 1 heterocycles. The van der Waals surface area contributed by atoms with Crippen molar-refractivity contribution >= 4 is 17.2 Å². The van der Waals surface area contributed by atoms with E-state index >= 15 is 0 Å². The Morgan fingerprint density at radius 2 is 1.84 bits per heavy atom. The second-order valence-corrected chi connectivity index (χ2v) is 5.30. The average molecular weight is 281 g/mol. The fraction of sp³-hybridized carbons (Fsp3) is 0.500. The Morgan fingerprint density at radius 1 is 1.26 bits per heavy atom. The quantitative estimate of drug-likeness (QED) is 0.853. The average Bonchev–Trinajstić information content (AvgIpc) is 2.42. The van der Waals surface area contributed by atoms with Crippen molar-refractivity contribution < 1.29 is 4.39 Å². The van der Waals surface area contributed by atoms with Crippen LogP contribution in [0.4, 0.5) is 4.39 Å². The fourth-order valence-electron chi connectivity index (χ4n) is 2.54. The standard InChI is InChI=1S/C14H20FN3S/c1-2-17-7-9-18(10-8-17)13(14(16)19)11-3-5-12(15)6-4-11/h3-6,13H,2,7-10H2,1H3,(H2,16,19). The molecule has 1 unspecified atom stereocenters. The minimum Gasteiger partial charge on any atom is -0.392 e. The number of piperazine rings is 1. The van der Waals surface area contributed by atoms with Crippen molar-refractivity contribution in [2.24, 2.45) is 5.73 Å². The molecule has 5 heteroatoms. The first-order valence-corrected chi connectivity index (χ1v) is 7.04. The first-order valence-electron chi connectivity index (χ1n) is 6.63. The summed E-state index contributed by atoms with van der Waals surface area (Å²) in [6.45, 7) is 7.16. The molecule has 1 fully saturated rings. The summed E-state index contributed by atoms with van der Waals surface area (Å²) in [5.74, 6) is -0.235. The van der Waals surface area contributed by atoms with Crippen LogP contribution in [-0.4, -0.2) is 47.5 Å². The number of hydrogen-bond donors (Lipinski definition) is 1. The van der Waals surface area contributed by atoms with Gasteiger partial charge in [-0.1, -0.05) is 31.3 Å². The third-order valence-corrected chi connectivity index (χ3v) is 3.90. The molecule has 1 aliphatic rings. The number of halogens is 1. The van der Waals surface area contributed by atoms with E-state index in [0.717, 1.165) is 38.3 Å². The van der Waals surface area contributed by atoms with Crippen LogP contribution in [0.5, 0.6) is 0 Å². The zero-order valence-corrected chi connectivity index (χ0v) is 12.0. The van der Waals surface area contributed by atoms with Gasteiger partial charge in [-0.3, -0.25) is 4.90 Å². The molecule has 0 amide bonds.